The molecule has 0 saturated carbocycles. The van der Waals surface area contributed by atoms with Crippen LogP contribution in [0.25, 0.3) is 0 Å². The molecule has 86 valence electrons. The van der Waals surface area contributed by atoms with Gasteiger partial charge in [-0.15, -0.1) is 0 Å². The van der Waals surface area contributed by atoms with Crippen molar-refractivity contribution in [2.24, 2.45) is 17.8 Å². The molecule has 0 amide bonds. The van der Waals surface area contributed by atoms with E-state index in [9.17, 15) is 0 Å². The standard InChI is InChI=1S/C13H28O/c1-5-11(2)8-9-13(4)12(3)7-6-10-14/h11-14H,5-10H2,1-4H3. The first-order chi connectivity index (χ1) is 6.61. The maximum absolute atomic E-state index is 8.75. The van der Waals surface area contributed by atoms with Crippen LogP contribution in [0.15, 0.2) is 0 Å². The van der Waals surface area contributed by atoms with Crippen LogP contribution < -0.4 is 0 Å². The Morgan fingerprint density at radius 2 is 1.50 bits per heavy atom. The Balaban J connectivity index is 3.55. The quantitative estimate of drug-likeness (QED) is 0.631. The van der Waals surface area contributed by atoms with Crippen molar-refractivity contribution in [1.29, 1.82) is 0 Å². The minimum atomic E-state index is 0.350. The molecule has 3 atom stereocenters. The van der Waals surface area contributed by atoms with E-state index in [1.807, 2.05) is 0 Å². The first kappa shape index (κ1) is 14.0. The van der Waals surface area contributed by atoms with Gasteiger partial charge < -0.3 is 5.11 Å². The molecule has 1 N–H and O–H groups in total. The van der Waals surface area contributed by atoms with Crippen molar-refractivity contribution in [3.8, 4) is 0 Å². The fourth-order valence-corrected chi connectivity index (χ4v) is 1.73. The largest absolute Gasteiger partial charge is 0.396 e. The summed E-state index contributed by atoms with van der Waals surface area (Å²) in [5, 5.41) is 8.75. The fourth-order valence-electron chi connectivity index (χ4n) is 1.73. The zero-order valence-corrected chi connectivity index (χ0v) is 10.4. The van der Waals surface area contributed by atoms with Gasteiger partial charge in [-0.1, -0.05) is 47.0 Å². The summed E-state index contributed by atoms with van der Waals surface area (Å²) in [6.45, 7) is 9.62. The zero-order valence-electron chi connectivity index (χ0n) is 10.4. The summed E-state index contributed by atoms with van der Waals surface area (Å²) in [7, 11) is 0. The molecule has 0 saturated heterocycles. The second kappa shape index (κ2) is 8.28. The lowest BCUT2D eigenvalue weighted by atomic mass is 9.86. The van der Waals surface area contributed by atoms with Crippen molar-refractivity contribution in [3.63, 3.8) is 0 Å². The van der Waals surface area contributed by atoms with Crippen LogP contribution in [0.2, 0.25) is 0 Å². The van der Waals surface area contributed by atoms with Crippen LogP contribution in [-0.2, 0) is 0 Å². The van der Waals surface area contributed by atoms with Crippen molar-refractivity contribution in [2.45, 2.75) is 59.8 Å². The Labute approximate surface area is 89.9 Å². The van der Waals surface area contributed by atoms with E-state index in [1.165, 1.54) is 25.7 Å². The van der Waals surface area contributed by atoms with E-state index in [0.717, 1.165) is 24.2 Å². The number of hydrogen-bond donors (Lipinski definition) is 1. The van der Waals surface area contributed by atoms with Gasteiger partial charge in [-0.2, -0.15) is 0 Å². The molecule has 1 nitrogen and oxygen atoms in total. The van der Waals surface area contributed by atoms with Gasteiger partial charge in [-0.3, -0.25) is 0 Å². The Hall–Kier alpha value is -0.0400. The van der Waals surface area contributed by atoms with Crippen LogP contribution in [0.5, 0.6) is 0 Å². The van der Waals surface area contributed by atoms with Crippen LogP contribution >= 0.6 is 0 Å². The topological polar surface area (TPSA) is 20.2 Å². The van der Waals surface area contributed by atoms with Gasteiger partial charge in [-0.25, -0.2) is 0 Å². The molecular weight excluding hydrogens is 172 g/mol. The van der Waals surface area contributed by atoms with Gasteiger partial charge in [0.25, 0.3) is 0 Å². The normalized spacial score (nSPS) is 17.8. The van der Waals surface area contributed by atoms with E-state index < -0.39 is 0 Å². The predicted octanol–water partition coefficient (Wildman–Crippen LogP) is 3.86. The van der Waals surface area contributed by atoms with Crippen molar-refractivity contribution in [1.82, 2.24) is 0 Å². The SMILES string of the molecule is CCC(C)CCC(C)C(C)CCCO. The van der Waals surface area contributed by atoms with Crippen LogP contribution in [-0.4, -0.2) is 11.7 Å². The molecule has 0 aromatic heterocycles. The third-order valence-corrected chi connectivity index (χ3v) is 3.60. The molecule has 14 heavy (non-hydrogen) atoms. The summed E-state index contributed by atoms with van der Waals surface area (Å²) in [4.78, 5) is 0. The van der Waals surface area contributed by atoms with E-state index in [-0.39, 0.29) is 0 Å². The summed E-state index contributed by atoms with van der Waals surface area (Å²) < 4.78 is 0. The molecule has 0 spiro atoms. The molecule has 0 aliphatic rings. The molecule has 0 aliphatic carbocycles. The number of aliphatic hydroxyl groups excluding tert-OH is 1. The average molecular weight is 200 g/mol. The van der Waals surface area contributed by atoms with Gasteiger partial charge in [0.1, 0.15) is 0 Å². The highest BCUT2D eigenvalue weighted by atomic mass is 16.2. The predicted molar refractivity (Wildman–Crippen MR) is 63.3 cm³/mol. The Bertz CT molecular complexity index is 122. The molecular formula is C13H28O. The Morgan fingerprint density at radius 3 is 2.00 bits per heavy atom. The number of hydrogen-bond acceptors (Lipinski definition) is 1. The maximum atomic E-state index is 8.75. The molecule has 0 radical (unpaired) electrons. The summed E-state index contributed by atoms with van der Waals surface area (Å²) in [5.74, 6) is 2.46. The molecule has 0 aliphatic heterocycles. The van der Waals surface area contributed by atoms with Gasteiger partial charge in [0.05, 0.1) is 0 Å². The van der Waals surface area contributed by atoms with Crippen LogP contribution in [0.1, 0.15) is 59.8 Å². The summed E-state index contributed by atoms with van der Waals surface area (Å²) in [5.41, 5.74) is 0. The van der Waals surface area contributed by atoms with E-state index in [1.54, 1.807) is 0 Å². The van der Waals surface area contributed by atoms with E-state index >= 15 is 0 Å². The van der Waals surface area contributed by atoms with Crippen LogP contribution in [0.3, 0.4) is 0 Å². The maximum Gasteiger partial charge on any atom is 0.0431 e. The molecule has 0 aromatic rings. The van der Waals surface area contributed by atoms with Crippen LogP contribution in [0.4, 0.5) is 0 Å². The third-order valence-electron chi connectivity index (χ3n) is 3.60. The van der Waals surface area contributed by atoms with Gasteiger partial charge in [0, 0.05) is 6.61 Å². The molecule has 0 heterocycles. The fraction of sp³-hybridized carbons (Fsp3) is 1.00. The average Bonchev–Trinajstić information content (AvgIpc) is 2.21. The van der Waals surface area contributed by atoms with E-state index in [2.05, 4.69) is 27.7 Å². The lowest BCUT2D eigenvalue weighted by Crippen LogP contribution is -2.10. The van der Waals surface area contributed by atoms with E-state index in [4.69, 9.17) is 5.11 Å². The molecule has 1 heteroatoms. The van der Waals surface area contributed by atoms with Crippen LogP contribution in [0, 0.1) is 17.8 Å². The highest BCUT2D eigenvalue weighted by molar-refractivity contribution is 4.64. The molecule has 0 fully saturated rings. The second-order valence-electron chi connectivity index (χ2n) is 4.91. The summed E-state index contributed by atoms with van der Waals surface area (Å²) in [6, 6.07) is 0. The van der Waals surface area contributed by atoms with Gasteiger partial charge in [0.2, 0.25) is 0 Å². The van der Waals surface area contributed by atoms with E-state index in [0.29, 0.717) is 6.61 Å². The minimum absolute atomic E-state index is 0.350. The third kappa shape index (κ3) is 6.42. The summed E-state index contributed by atoms with van der Waals surface area (Å²) >= 11 is 0. The smallest absolute Gasteiger partial charge is 0.0431 e. The zero-order chi connectivity index (χ0) is 11.0. The Morgan fingerprint density at radius 1 is 0.929 bits per heavy atom. The van der Waals surface area contributed by atoms with Crippen molar-refractivity contribution in [3.05, 3.63) is 0 Å². The van der Waals surface area contributed by atoms with Gasteiger partial charge in [-0.05, 0) is 30.6 Å². The van der Waals surface area contributed by atoms with Crippen molar-refractivity contribution < 1.29 is 5.11 Å². The number of rotatable bonds is 8. The van der Waals surface area contributed by atoms with Crippen molar-refractivity contribution in [2.75, 3.05) is 6.61 Å². The molecule has 0 bridgehead atoms. The minimum Gasteiger partial charge on any atom is -0.396 e. The van der Waals surface area contributed by atoms with Gasteiger partial charge in [0.15, 0.2) is 0 Å². The summed E-state index contributed by atoms with van der Waals surface area (Å²) in [6.07, 6.45) is 6.16. The van der Waals surface area contributed by atoms with Gasteiger partial charge >= 0.3 is 0 Å². The molecule has 0 rings (SSSR count). The second-order valence-corrected chi connectivity index (χ2v) is 4.91. The number of aliphatic hydroxyl groups is 1. The molecule has 0 aromatic carbocycles. The lowest BCUT2D eigenvalue weighted by molar-refractivity contribution is 0.249. The first-order valence-corrected chi connectivity index (χ1v) is 6.22. The lowest BCUT2D eigenvalue weighted by Gasteiger charge is -2.20. The monoisotopic (exact) mass is 200 g/mol. The Kier molecular flexibility index (Phi) is 8.26. The molecule has 3 unspecified atom stereocenters. The highest BCUT2D eigenvalue weighted by Crippen LogP contribution is 2.23. The first-order valence-electron chi connectivity index (χ1n) is 6.22. The van der Waals surface area contributed by atoms with Crippen molar-refractivity contribution >= 4 is 0 Å². The highest BCUT2D eigenvalue weighted by Gasteiger charge is 2.12.